The predicted molar refractivity (Wildman–Crippen MR) is 61.0 cm³/mol. The Bertz CT molecular complexity index is 538. The summed E-state index contributed by atoms with van der Waals surface area (Å²) >= 11 is 0. The van der Waals surface area contributed by atoms with E-state index in [1.165, 1.54) is 31.2 Å². The molecule has 1 unspecified atom stereocenters. The molecule has 1 rings (SSSR count). The molecule has 0 saturated carbocycles. The van der Waals surface area contributed by atoms with Gasteiger partial charge >= 0.3 is 16.5 Å². The van der Waals surface area contributed by atoms with Crippen molar-refractivity contribution in [1.29, 1.82) is 0 Å². The third kappa shape index (κ3) is 4.30. The molecule has 0 heterocycles. The maximum Gasteiger partial charge on any atom is 0.488 e. The lowest BCUT2D eigenvalue weighted by atomic mass is 9.94. The molecule has 0 aliphatic carbocycles. The van der Waals surface area contributed by atoms with Crippen LogP contribution in [0.3, 0.4) is 0 Å². The van der Waals surface area contributed by atoms with E-state index in [0.29, 0.717) is 5.56 Å². The lowest BCUT2D eigenvalue weighted by Crippen LogP contribution is -2.46. The van der Waals surface area contributed by atoms with E-state index < -0.39 is 22.0 Å². The second-order valence-corrected chi connectivity index (χ2v) is 4.97. The van der Waals surface area contributed by atoms with Crippen LogP contribution >= 0.6 is 0 Å². The van der Waals surface area contributed by atoms with Gasteiger partial charge in [-0.05, 0) is 24.6 Å². The van der Waals surface area contributed by atoms with E-state index in [9.17, 15) is 17.1 Å². The summed E-state index contributed by atoms with van der Waals surface area (Å²) in [4.78, 5) is 10.8. The number of carboxylic acids is 1. The summed E-state index contributed by atoms with van der Waals surface area (Å²) in [5.41, 5.74) is 4.67. The highest BCUT2D eigenvalue weighted by atomic mass is 32.3. The lowest BCUT2D eigenvalue weighted by molar-refractivity contribution is -0.142. The highest BCUT2D eigenvalue weighted by Crippen LogP contribution is 2.18. The van der Waals surface area contributed by atoms with E-state index in [1.54, 1.807) is 0 Å². The van der Waals surface area contributed by atoms with Gasteiger partial charge in [-0.15, -0.1) is 0 Å². The molecule has 1 aromatic carbocycles. The van der Waals surface area contributed by atoms with Crippen molar-refractivity contribution >= 4 is 16.5 Å². The Morgan fingerprint density at radius 1 is 1.44 bits per heavy atom. The molecule has 8 heteroatoms. The van der Waals surface area contributed by atoms with Gasteiger partial charge in [0.05, 0.1) is 0 Å². The van der Waals surface area contributed by atoms with Crippen molar-refractivity contribution in [2.75, 3.05) is 0 Å². The van der Waals surface area contributed by atoms with E-state index in [0.717, 1.165) is 0 Å². The molecule has 0 fully saturated rings. The van der Waals surface area contributed by atoms with Crippen LogP contribution in [0.25, 0.3) is 0 Å². The quantitative estimate of drug-likeness (QED) is 0.764. The Hall–Kier alpha value is -1.67. The van der Waals surface area contributed by atoms with E-state index in [1.807, 2.05) is 0 Å². The SMILES string of the molecule is CC(N)(Cc1ccc(OS(=O)(=O)F)cc1)C(=O)O. The maximum atomic E-state index is 12.2. The second kappa shape index (κ2) is 4.91. The van der Waals surface area contributed by atoms with Crippen LogP contribution in [0, 0.1) is 0 Å². The third-order valence-electron chi connectivity index (χ3n) is 2.18. The van der Waals surface area contributed by atoms with Crippen LogP contribution in [0.5, 0.6) is 5.75 Å². The molecule has 0 aliphatic heterocycles. The number of aliphatic carboxylic acids is 1. The van der Waals surface area contributed by atoms with Crippen LogP contribution in [0.15, 0.2) is 24.3 Å². The van der Waals surface area contributed by atoms with Gasteiger partial charge in [-0.3, -0.25) is 4.79 Å². The van der Waals surface area contributed by atoms with E-state index in [-0.39, 0.29) is 12.2 Å². The topological polar surface area (TPSA) is 107 Å². The minimum Gasteiger partial charge on any atom is -0.480 e. The van der Waals surface area contributed by atoms with Gasteiger partial charge in [0.2, 0.25) is 0 Å². The number of hydrogen-bond donors (Lipinski definition) is 2. The van der Waals surface area contributed by atoms with Crippen LogP contribution in [0.1, 0.15) is 12.5 Å². The zero-order valence-corrected chi connectivity index (χ0v) is 10.3. The standard InChI is InChI=1S/C10H12FNO5S/c1-10(12,9(13)14)6-7-2-4-8(5-3-7)17-18(11,15)16/h2-5H,6,12H2,1H3,(H,13,14). The average molecular weight is 277 g/mol. The molecule has 3 N–H and O–H groups in total. The summed E-state index contributed by atoms with van der Waals surface area (Å²) in [6, 6.07) is 5.25. The monoisotopic (exact) mass is 277 g/mol. The predicted octanol–water partition coefficient (Wildman–Crippen LogP) is 0.624. The summed E-state index contributed by atoms with van der Waals surface area (Å²) in [6.07, 6.45) is 0.0466. The Morgan fingerprint density at radius 3 is 2.33 bits per heavy atom. The van der Waals surface area contributed by atoms with Crippen LogP contribution < -0.4 is 9.92 Å². The number of carboxylic acid groups (broad SMARTS) is 1. The van der Waals surface area contributed by atoms with Crippen molar-refractivity contribution in [3.8, 4) is 5.75 Å². The molecule has 1 aromatic rings. The lowest BCUT2D eigenvalue weighted by Gasteiger charge is -2.18. The van der Waals surface area contributed by atoms with Crippen molar-refractivity contribution in [2.24, 2.45) is 5.73 Å². The zero-order chi connectivity index (χ0) is 14.0. The minimum atomic E-state index is -5.06. The smallest absolute Gasteiger partial charge is 0.480 e. The normalized spacial score (nSPS) is 14.8. The van der Waals surface area contributed by atoms with E-state index in [4.69, 9.17) is 10.8 Å². The fourth-order valence-corrected chi connectivity index (χ4v) is 1.62. The first kappa shape index (κ1) is 14.4. The largest absolute Gasteiger partial charge is 0.488 e. The average Bonchev–Trinajstić information content (AvgIpc) is 2.18. The fourth-order valence-electron chi connectivity index (χ4n) is 1.28. The Balaban J connectivity index is 2.81. The zero-order valence-electron chi connectivity index (χ0n) is 9.46. The van der Waals surface area contributed by atoms with Gasteiger partial charge in [-0.2, -0.15) is 8.42 Å². The van der Waals surface area contributed by atoms with Crippen LogP contribution in [-0.2, 0) is 21.7 Å². The number of carbonyl (C=O) groups is 1. The Labute approximate surface area is 104 Å². The Morgan fingerprint density at radius 2 is 1.94 bits per heavy atom. The number of rotatable bonds is 5. The fraction of sp³-hybridized carbons (Fsp3) is 0.300. The molecule has 0 spiro atoms. The molecule has 0 amide bonds. The summed E-state index contributed by atoms with van der Waals surface area (Å²) in [6.45, 7) is 1.35. The molecule has 0 aliphatic rings. The molecular weight excluding hydrogens is 265 g/mol. The molecule has 0 saturated heterocycles. The van der Waals surface area contributed by atoms with Crippen molar-refractivity contribution in [2.45, 2.75) is 18.9 Å². The van der Waals surface area contributed by atoms with Gasteiger partial charge in [0.15, 0.2) is 0 Å². The van der Waals surface area contributed by atoms with Crippen LogP contribution in [0.2, 0.25) is 0 Å². The third-order valence-corrected chi connectivity index (χ3v) is 2.57. The summed E-state index contributed by atoms with van der Waals surface area (Å²) in [5, 5.41) is 8.83. The summed E-state index contributed by atoms with van der Waals surface area (Å²) < 4.78 is 36.6. The molecule has 0 bridgehead atoms. The summed E-state index contributed by atoms with van der Waals surface area (Å²) in [5.74, 6) is -1.36. The molecule has 0 radical (unpaired) electrons. The number of hydrogen-bond acceptors (Lipinski definition) is 5. The number of nitrogens with two attached hydrogens (primary N) is 1. The van der Waals surface area contributed by atoms with Crippen molar-refractivity contribution in [3.05, 3.63) is 29.8 Å². The first-order valence-electron chi connectivity index (χ1n) is 4.85. The van der Waals surface area contributed by atoms with Gasteiger partial charge in [0.25, 0.3) is 0 Å². The van der Waals surface area contributed by atoms with Crippen molar-refractivity contribution < 1.29 is 26.4 Å². The van der Waals surface area contributed by atoms with Crippen LogP contribution in [0.4, 0.5) is 3.89 Å². The second-order valence-electron chi connectivity index (χ2n) is 4.02. The molecule has 18 heavy (non-hydrogen) atoms. The minimum absolute atomic E-state index is 0.0466. The summed E-state index contributed by atoms with van der Waals surface area (Å²) in [7, 11) is -5.06. The molecule has 0 aromatic heterocycles. The maximum absolute atomic E-state index is 12.2. The first-order valence-corrected chi connectivity index (χ1v) is 6.16. The number of halogens is 1. The van der Waals surface area contributed by atoms with Gasteiger partial charge in [0, 0.05) is 6.42 Å². The van der Waals surface area contributed by atoms with Crippen molar-refractivity contribution in [1.82, 2.24) is 0 Å². The molecular formula is C10H12FNO5S. The van der Waals surface area contributed by atoms with Gasteiger partial charge in [-0.1, -0.05) is 16.0 Å². The molecule has 6 nitrogen and oxygen atoms in total. The van der Waals surface area contributed by atoms with Gasteiger partial charge < -0.3 is 15.0 Å². The highest BCUT2D eigenvalue weighted by Gasteiger charge is 2.28. The molecule has 1 atom stereocenters. The van der Waals surface area contributed by atoms with Crippen LogP contribution in [-0.4, -0.2) is 25.0 Å². The molecule has 100 valence electrons. The van der Waals surface area contributed by atoms with Gasteiger partial charge in [0.1, 0.15) is 11.3 Å². The van der Waals surface area contributed by atoms with E-state index >= 15 is 0 Å². The Kier molecular flexibility index (Phi) is 3.92. The first-order chi connectivity index (χ1) is 8.10. The van der Waals surface area contributed by atoms with Gasteiger partial charge in [-0.25, -0.2) is 0 Å². The number of benzene rings is 1. The van der Waals surface area contributed by atoms with Crippen molar-refractivity contribution in [3.63, 3.8) is 0 Å². The van der Waals surface area contributed by atoms with E-state index in [2.05, 4.69) is 4.18 Å². The highest BCUT2D eigenvalue weighted by molar-refractivity contribution is 7.81.